The molecule has 2 N–H and O–H groups in total. The maximum Gasteiger partial charge on any atom is 0.271 e. The van der Waals surface area contributed by atoms with E-state index in [4.69, 9.17) is 9.47 Å². The van der Waals surface area contributed by atoms with Crippen LogP contribution in [0, 0.1) is 0 Å². The van der Waals surface area contributed by atoms with Crippen LogP contribution < -0.4 is 20.1 Å². The molecule has 1 aromatic heterocycles. The SMILES string of the molecule is CCCCCNC(=O)c1cnc(Nc2ccc3c(c2)OCCO3)cn1. The van der Waals surface area contributed by atoms with Gasteiger partial charge in [0, 0.05) is 18.3 Å². The summed E-state index contributed by atoms with van der Waals surface area (Å²) < 4.78 is 11.0. The van der Waals surface area contributed by atoms with E-state index in [0.717, 1.165) is 30.7 Å². The van der Waals surface area contributed by atoms with Gasteiger partial charge < -0.3 is 20.1 Å². The highest BCUT2D eigenvalue weighted by Crippen LogP contribution is 2.33. The van der Waals surface area contributed by atoms with Crippen LogP contribution in [-0.2, 0) is 0 Å². The van der Waals surface area contributed by atoms with Crippen molar-refractivity contribution in [2.45, 2.75) is 26.2 Å². The molecule has 0 saturated carbocycles. The second-order valence-corrected chi connectivity index (χ2v) is 5.73. The van der Waals surface area contributed by atoms with Gasteiger partial charge in [-0.25, -0.2) is 9.97 Å². The lowest BCUT2D eigenvalue weighted by molar-refractivity contribution is 0.0947. The third-order valence-corrected chi connectivity index (χ3v) is 3.76. The van der Waals surface area contributed by atoms with Gasteiger partial charge in [-0.15, -0.1) is 0 Å². The van der Waals surface area contributed by atoms with Gasteiger partial charge in [0.2, 0.25) is 0 Å². The summed E-state index contributed by atoms with van der Waals surface area (Å²) >= 11 is 0. The summed E-state index contributed by atoms with van der Waals surface area (Å²) in [6.45, 7) is 3.89. The molecular formula is C18H22N4O3. The molecule has 1 amide bonds. The largest absolute Gasteiger partial charge is 0.486 e. The second kappa shape index (κ2) is 8.32. The van der Waals surface area contributed by atoms with E-state index in [1.165, 1.54) is 12.4 Å². The van der Waals surface area contributed by atoms with Gasteiger partial charge in [0.05, 0.1) is 12.4 Å². The summed E-state index contributed by atoms with van der Waals surface area (Å²) in [4.78, 5) is 20.4. The average Bonchev–Trinajstić information content (AvgIpc) is 2.65. The Bertz CT molecular complexity index is 719. The Hall–Kier alpha value is -2.83. The topological polar surface area (TPSA) is 85.4 Å². The van der Waals surface area contributed by atoms with E-state index in [1.54, 1.807) is 0 Å². The molecule has 132 valence electrons. The van der Waals surface area contributed by atoms with Crippen molar-refractivity contribution in [1.29, 1.82) is 0 Å². The normalized spacial score (nSPS) is 12.5. The van der Waals surface area contributed by atoms with E-state index in [2.05, 4.69) is 27.5 Å². The molecule has 1 aliphatic heterocycles. The standard InChI is InChI=1S/C18H22N4O3/c1-2-3-4-7-19-18(23)14-11-21-17(12-20-14)22-13-5-6-15-16(10-13)25-9-8-24-15/h5-6,10-12H,2-4,7-9H2,1H3,(H,19,23)(H,21,22). The van der Waals surface area contributed by atoms with Crippen molar-refractivity contribution in [3.63, 3.8) is 0 Å². The number of hydrogen-bond acceptors (Lipinski definition) is 6. The summed E-state index contributed by atoms with van der Waals surface area (Å²) in [5.74, 6) is 1.79. The Morgan fingerprint density at radius 2 is 1.96 bits per heavy atom. The number of benzene rings is 1. The Morgan fingerprint density at radius 3 is 2.72 bits per heavy atom. The van der Waals surface area contributed by atoms with Crippen molar-refractivity contribution in [3.8, 4) is 11.5 Å². The van der Waals surface area contributed by atoms with E-state index in [0.29, 0.717) is 37.0 Å². The highest BCUT2D eigenvalue weighted by molar-refractivity contribution is 5.92. The number of nitrogens with one attached hydrogen (secondary N) is 2. The van der Waals surface area contributed by atoms with Gasteiger partial charge in [0.15, 0.2) is 11.5 Å². The van der Waals surface area contributed by atoms with E-state index in [-0.39, 0.29) is 5.91 Å². The minimum absolute atomic E-state index is 0.200. The number of carbonyl (C=O) groups is 1. The van der Waals surface area contributed by atoms with Crippen molar-refractivity contribution in [3.05, 3.63) is 36.3 Å². The number of carbonyl (C=O) groups excluding carboxylic acids is 1. The van der Waals surface area contributed by atoms with Crippen molar-refractivity contribution in [2.24, 2.45) is 0 Å². The van der Waals surface area contributed by atoms with Crippen LogP contribution in [-0.4, -0.2) is 35.6 Å². The van der Waals surface area contributed by atoms with Gasteiger partial charge in [-0.2, -0.15) is 0 Å². The van der Waals surface area contributed by atoms with Crippen LogP contribution in [0.1, 0.15) is 36.7 Å². The number of rotatable bonds is 7. The van der Waals surface area contributed by atoms with E-state index in [1.807, 2.05) is 18.2 Å². The molecule has 0 radical (unpaired) electrons. The third-order valence-electron chi connectivity index (χ3n) is 3.76. The van der Waals surface area contributed by atoms with Crippen molar-refractivity contribution in [2.75, 3.05) is 25.1 Å². The lowest BCUT2D eigenvalue weighted by Gasteiger charge is -2.19. The lowest BCUT2D eigenvalue weighted by atomic mass is 10.2. The Kier molecular flexibility index (Phi) is 5.66. The zero-order valence-corrected chi connectivity index (χ0v) is 14.2. The first-order chi connectivity index (χ1) is 12.3. The molecule has 0 aliphatic carbocycles. The molecule has 1 aliphatic rings. The summed E-state index contributed by atoms with van der Waals surface area (Å²) in [7, 11) is 0. The van der Waals surface area contributed by atoms with Crippen molar-refractivity contribution < 1.29 is 14.3 Å². The monoisotopic (exact) mass is 342 g/mol. The minimum atomic E-state index is -0.200. The van der Waals surface area contributed by atoms with Gasteiger partial charge in [0.25, 0.3) is 5.91 Å². The van der Waals surface area contributed by atoms with Crippen molar-refractivity contribution in [1.82, 2.24) is 15.3 Å². The molecule has 25 heavy (non-hydrogen) atoms. The van der Waals surface area contributed by atoms with Crippen LogP contribution in [0.2, 0.25) is 0 Å². The number of amides is 1. The van der Waals surface area contributed by atoms with Crippen LogP contribution >= 0.6 is 0 Å². The number of nitrogens with zero attached hydrogens (tertiary/aromatic N) is 2. The molecule has 2 aromatic rings. The van der Waals surface area contributed by atoms with Gasteiger partial charge >= 0.3 is 0 Å². The fourth-order valence-corrected chi connectivity index (χ4v) is 2.45. The molecule has 1 aromatic carbocycles. The fourth-order valence-electron chi connectivity index (χ4n) is 2.45. The highest BCUT2D eigenvalue weighted by Gasteiger charge is 2.12. The maximum absolute atomic E-state index is 12.0. The predicted octanol–water partition coefficient (Wildman–Crippen LogP) is 2.91. The molecule has 0 unspecified atom stereocenters. The molecule has 3 rings (SSSR count). The Labute approximate surface area is 146 Å². The molecule has 0 bridgehead atoms. The summed E-state index contributed by atoms with van der Waals surface area (Å²) in [5.41, 5.74) is 1.12. The number of fused-ring (bicyclic) bond motifs is 1. The van der Waals surface area contributed by atoms with Gasteiger partial charge in [0.1, 0.15) is 24.7 Å². The van der Waals surface area contributed by atoms with Gasteiger partial charge in [-0.05, 0) is 18.6 Å². The van der Waals surface area contributed by atoms with Crippen LogP contribution in [0.4, 0.5) is 11.5 Å². The third kappa shape index (κ3) is 4.59. The van der Waals surface area contributed by atoms with Gasteiger partial charge in [-0.1, -0.05) is 19.8 Å². The number of anilines is 2. The fraction of sp³-hybridized carbons (Fsp3) is 0.389. The minimum Gasteiger partial charge on any atom is -0.486 e. The van der Waals surface area contributed by atoms with Crippen LogP contribution in [0.15, 0.2) is 30.6 Å². The second-order valence-electron chi connectivity index (χ2n) is 5.73. The first-order valence-electron chi connectivity index (χ1n) is 8.53. The molecule has 0 fully saturated rings. The smallest absolute Gasteiger partial charge is 0.271 e. The maximum atomic E-state index is 12.0. The van der Waals surface area contributed by atoms with Gasteiger partial charge in [-0.3, -0.25) is 4.79 Å². The van der Waals surface area contributed by atoms with E-state index in [9.17, 15) is 4.79 Å². The van der Waals surface area contributed by atoms with Crippen LogP contribution in [0.3, 0.4) is 0 Å². The Balaban J connectivity index is 1.58. The zero-order chi connectivity index (χ0) is 17.5. The summed E-state index contributed by atoms with van der Waals surface area (Å²) in [6.07, 6.45) is 6.20. The number of aromatic nitrogens is 2. The molecule has 7 heteroatoms. The zero-order valence-electron chi connectivity index (χ0n) is 14.2. The summed E-state index contributed by atoms with van der Waals surface area (Å²) in [5, 5.41) is 5.98. The van der Waals surface area contributed by atoms with E-state index >= 15 is 0 Å². The molecule has 0 atom stereocenters. The lowest BCUT2D eigenvalue weighted by Crippen LogP contribution is -2.25. The first kappa shape index (κ1) is 17.0. The number of unbranched alkanes of at least 4 members (excludes halogenated alkanes) is 2. The molecule has 7 nitrogen and oxygen atoms in total. The molecule has 0 spiro atoms. The van der Waals surface area contributed by atoms with Crippen LogP contribution in [0.5, 0.6) is 11.5 Å². The number of hydrogen-bond donors (Lipinski definition) is 2. The summed E-state index contributed by atoms with van der Waals surface area (Å²) in [6, 6.07) is 5.58. The number of ether oxygens (including phenoxy) is 2. The first-order valence-corrected chi connectivity index (χ1v) is 8.53. The molecular weight excluding hydrogens is 320 g/mol. The van der Waals surface area contributed by atoms with Crippen molar-refractivity contribution >= 4 is 17.4 Å². The quantitative estimate of drug-likeness (QED) is 0.753. The van der Waals surface area contributed by atoms with E-state index < -0.39 is 0 Å². The van der Waals surface area contributed by atoms with Crippen LogP contribution in [0.25, 0.3) is 0 Å². The average molecular weight is 342 g/mol. The molecule has 2 heterocycles. The predicted molar refractivity (Wildman–Crippen MR) is 94.6 cm³/mol. The molecule has 0 saturated heterocycles. The highest BCUT2D eigenvalue weighted by atomic mass is 16.6. The Morgan fingerprint density at radius 1 is 1.12 bits per heavy atom.